The van der Waals surface area contributed by atoms with E-state index in [0.717, 1.165) is 22.0 Å². The summed E-state index contributed by atoms with van der Waals surface area (Å²) < 4.78 is 19.8. The summed E-state index contributed by atoms with van der Waals surface area (Å²) in [5.74, 6) is -1.19. The molecule has 6 heteroatoms. The number of nitrogens with two attached hydrogens (primary N) is 1. The number of hydrogen-bond donors (Lipinski definition) is 1. The molecule has 0 spiro atoms. The van der Waals surface area contributed by atoms with Crippen molar-refractivity contribution >= 4 is 22.8 Å². The van der Waals surface area contributed by atoms with E-state index >= 15 is 0 Å². The average molecular weight is 340 g/mol. The minimum Gasteiger partial charge on any atom is -0.465 e. The summed E-state index contributed by atoms with van der Waals surface area (Å²) in [4.78, 5) is 23.1. The van der Waals surface area contributed by atoms with Crippen LogP contribution >= 0.6 is 0 Å². The number of rotatable bonds is 5. The van der Waals surface area contributed by atoms with E-state index in [1.807, 2.05) is 10.8 Å². The second-order valence-corrected chi connectivity index (χ2v) is 5.78. The Morgan fingerprint density at radius 1 is 1.16 bits per heavy atom. The molecule has 0 bridgehead atoms. The van der Waals surface area contributed by atoms with Crippen molar-refractivity contribution < 1.29 is 18.7 Å². The summed E-state index contributed by atoms with van der Waals surface area (Å²) in [6.45, 7) is 0.507. The lowest BCUT2D eigenvalue weighted by Crippen LogP contribution is -2.13. The number of aromatic nitrogens is 1. The molecule has 0 saturated carbocycles. The van der Waals surface area contributed by atoms with Crippen LogP contribution in [0.25, 0.3) is 10.9 Å². The molecule has 25 heavy (non-hydrogen) atoms. The molecule has 0 aliphatic heterocycles. The van der Waals surface area contributed by atoms with Gasteiger partial charge in [0, 0.05) is 23.6 Å². The third-order valence-electron chi connectivity index (χ3n) is 4.02. The normalized spacial score (nSPS) is 10.8. The van der Waals surface area contributed by atoms with Crippen LogP contribution in [0.15, 0.2) is 48.7 Å². The number of primary amides is 1. The fourth-order valence-corrected chi connectivity index (χ4v) is 2.86. The van der Waals surface area contributed by atoms with Gasteiger partial charge in [-0.2, -0.15) is 0 Å². The Hall–Kier alpha value is -3.15. The molecular formula is C19H17FN2O3. The van der Waals surface area contributed by atoms with Crippen LogP contribution in [0.2, 0.25) is 0 Å². The first-order valence-corrected chi connectivity index (χ1v) is 7.71. The average Bonchev–Trinajstić information content (AvgIpc) is 2.92. The summed E-state index contributed by atoms with van der Waals surface area (Å²) in [5, 5.41) is 0.767. The van der Waals surface area contributed by atoms with Crippen molar-refractivity contribution in [3.63, 3.8) is 0 Å². The van der Waals surface area contributed by atoms with E-state index in [4.69, 9.17) is 10.5 Å². The van der Waals surface area contributed by atoms with Gasteiger partial charge in [-0.25, -0.2) is 9.18 Å². The van der Waals surface area contributed by atoms with Gasteiger partial charge < -0.3 is 15.0 Å². The molecule has 1 heterocycles. The highest BCUT2D eigenvalue weighted by Gasteiger charge is 2.14. The molecular weight excluding hydrogens is 323 g/mol. The van der Waals surface area contributed by atoms with Crippen molar-refractivity contribution in [2.45, 2.75) is 13.0 Å². The van der Waals surface area contributed by atoms with Gasteiger partial charge in [0.15, 0.2) is 0 Å². The highest BCUT2D eigenvalue weighted by atomic mass is 19.1. The largest absolute Gasteiger partial charge is 0.465 e. The molecule has 0 atom stereocenters. The lowest BCUT2D eigenvalue weighted by Gasteiger charge is -2.06. The number of esters is 1. The lowest BCUT2D eigenvalue weighted by molar-refractivity contribution is -0.117. The van der Waals surface area contributed by atoms with Gasteiger partial charge in [-0.1, -0.05) is 12.1 Å². The predicted molar refractivity (Wildman–Crippen MR) is 91.7 cm³/mol. The Labute approximate surface area is 143 Å². The zero-order valence-electron chi connectivity index (χ0n) is 13.7. The Morgan fingerprint density at radius 2 is 1.88 bits per heavy atom. The van der Waals surface area contributed by atoms with Gasteiger partial charge in [0.05, 0.1) is 19.1 Å². The Bertz CT molecular complexity index is 945. The third kappa shape index (κ3) is 3.52. The number of carbonyl (C=O) groups excluding carboxylic acids is 2. The van der Waals surface area contributed by atoms with Gasteiger partial charge in [-0.05, 0) is 41.5 Å². The molecule has 5 nitrogen and oxygen atoms in total. The van der Waals surface area contributed by atoms with E-state index in [9.17, 15) is 14.0 Å². The minimum atomic E-state index is -0.454. The van der Waals surface area contributed by atoms with Crippen LogP contribution in [-0.2, 0) is 22.5 Å². The quantitative estimate of drug-likeness (QED) is 0.726. The topological polar surface area (TPSA) is 74.3 Å². The zero-order chi connectivity index (χ0) is 18.0. The maximum atomic E-state index is 13.1. The van der Waals surface area contributed by atoms with Gasteiger partial charge >= 0.3 is 5.97 Å². The number of hydrogen-bond acceptors (Lipinski definition) is 3. The minimum absolute atomic E-state index is 0.0670. The second kappa shape index (κ2) is 6.76. The molecule has 0 unspecified atom stereocenters. The summed E-state index contributed by atoms with van der Waals surface area (Å²) in [5.41, 5.74) is 8.24. The smallest absolute Gasteiger partial charge is 0.337 e. The number of methoxy groups -OCH3 is 1. The molecule has 0 saturated heterocycles. The van der Waals surface area contributed by atoms with Gasteiger partial charge in [0.2, 0.25) is 5.91 Å². The van der Waals surface area contributed by atoms with Crippen LogP contribution < -0.4 is 5.73 Å². The first-order chi connectivity index (χ1) is 12.0. The van der Waals surface area contributed by atoms with E-state index in [2.05, 4.69) is 0 Å². The third-order valence-corrected chi connectivity index (χ3v) is 4.02. The van der Waals surface area contributed by atoms with Crippen molar-refractivity contribution in [2.75, 3.05) is 7.11 Å². The molecule has 3 rings (SSSR count). The number of nitrogens with zero attached hydrogens (tertiary/aromatic N) is 1. The van der Waals surface area contributed by atoms with Crippen LogP contribution in [0.5, 0.6) is 0 Å². The molecule has 2 aromatic carbocycles. The summed E-state index contributed by atoms with van der Waals surface area (Å²) in [7, 11) is 1.32. The van der Waals surface area contributed by atoms with Crippen molar-refractivity contribution in [1.82, 2.24) is 4.57 Å². The summed E-state index contributed by atoms with van der Waals surface area (Å²) in [6.07, 6.45) is 1.90. The fraction of sp³-hybridized carbons (Fsp3) is 0.158. The number of amides is 1. The van der Waals surface area contributed by atoms with Gasteiger partial charge in [-0.3, -0.25) is 4.79 Å². The second-order valence-electron chi connectivity index (χ2n) is 5.78. The summed E-state index contributed by atoms with van der Waals surface area (Å²) >= 11 is 0. The zero-order valence-corrected chi connectivity index (χ0v) is 13.7. The fourth-order valence-electron chi connectivity index (χ4n) is 2.86. The Morgan fingerprint density at radius 3 is 2.52 bits per heavy atom. The molecule has 1 aromatic heterocycles. The SMILES string of the molecule is COC(=O)c1ccc2c(c1)c(CC(N)=O)cn2Cc1ccc(F)cc1. The molecule has 2 N–H and O–H groups in total. The standard InChI is InChI=1S/C19H17FN2O3/c1-25-19(24)13-4-7-17-16(8-13)14(9-18(21)23)11-22(17)10-12-2-5-15(20)6-3-12/h2-8,11H,9-10H2,1H3,(H2,21,23). The van der Waals surface area contributed by atoms with Crippen molar-refractivity contribution in [3.8, 4) is 0 Å². The van der Waals surface area contributed by atoms with Crippen LogP contribution in [0, 0.1) is 5.82 Å². The number of ether oxygens (including phenoxy) is 1. The number of carbonyl (C=O) groups is 2. The molecule has 0 fully saturated rings. The molecule has 128 valence electrons. The Balaban J connectivity index is 2.07. The van der Waals surface area contributed by atoms with Crippen LogP contribution in [0.3, 0.4) is 0 Å². The molecule has 3 aromatic rings. The van der Waals surface area contributed by atoms with E-state index in [1.54, 1.807) is 30.3 Å². The van der Waals surface area contributed by atoms with E-state index < -0.39 is 11.9 Å². The maximum absolute atomic E-state index is 13.1. The highest BCUT2D eigenvalue weighted by Crippen LogP contribution is 2.25. The first kappa shape index (κ1) is 16.7. The predicted octanol–water partition coefficient (Wildman–Crippen LogP) is 2.64. The number of halogens is 1. The van der Waals surface area contributed by atoms with Crippen LogP contribution in [-0.4, -0.2) is 23.6 Å². The maximum Gasteiger partial charge on any atom is 0.337 e. The summed E-state index contributed by atoms with van der Waals surface area (Å²) in [6, 6.07) is 11.4. The van der Waals surface area contributed by atoms with Crippen LogP contribution in [0.4, 0.5) is 4.39 Å². The van der Waals surface area contributed by atoms with Crippen molar-refractivity contribution in [2.24, 2.45) is 5.73 Å². The van der Waals surface area contributed by atoms with E-state index in [1.165, 1.54) is 19.2 Å². The first-order valence-electron chi connectivity index (χ1n) is 7.71. The van der Waals surface area contributed by atoms with Gasteiger partial charge in [0.1, 0.15) is 5.82 Å². The lowest BCUT2D eigenvalue weighted by atomic mass is 10.1. The van der Waals surface area contributed by atoms with Gasteiger partial charge in [0.25, 0.3) is 0 Å². The number of fused-ring (bicyclic) bond motifs is 1. The van der Waals surface area contributed by atoms with E-state index in [-0.39, 0.29) is 12.2 Å². The van der Waals surface area contributed by atoms with Crippen molar-refractivity contribution in [3.05, 3.63) is 71.2 Å². The van der Waals surface area contributed by atoms with Crippen molar-refractivity contribution in [1.29, 1.82) is 0 Å². The van der Waals surface area contributed by atoms with Gasteiger partial charge in [-0.15, -0.1) is 0 Å². The van der Waals surface area contributed by atoms with E-state index in [0.29, 0.717) is 12.1 Å². The van der Waals surface area contributed by atoms with Crippen LogP contribution in [0.1, 0.15) is 21.5 Å². The highest BCUT2D eigenvalue weighted by molar-refractivity contribution is 5.97. The molecule has 0 aliphatic rings. The molecule has 0 radical (unpaired) electrons. The number of benzene rings is 2. The Kier molecular flexibility index (Phi) is 4.52. The molecule has 1 amide bonds. The monoisotopic (exact) mass is 340 g/mol. The molecule has 0 aliphatic carbocycles.